The Morgan fingerprint density at radius 3 is 1.38 bits per heavy atom. The molecule has 2 aliphatic rings. The van der Waals surface area contributed by atoms with Crippen LogP contribution in [0.2, 0.25) is 0 Å². The van der Waals surface area contributed by atoms with Crippen LogP contribution in [-0.2, 0) is 5.41 Å². The smallest absolute Gasteiger partial charge is 0.0619 e. The second-order valence-electron chi connectivity index (χ2n) is 15.4. The maximum atomic E-state index is 2.60. The Morgan fingerprint density at radius 2 is 0.709 bits per heavy atom. The minimum Gasteiger partial charge on any atom is -0.0619 e. The quantitative estimate of drug-likeness (QED) is 0.150. The van der Waals surface area contributed by atoms with Crippen molar-refractivity contribution >= 4 is 64.6 Å². The Morgan fingerprint density at radius 1 is 0.255 bits per heavy atom. The lowest BCUT2D eigenvalue weighted by Crippen LogP contribution is -2.26. The van der Waals surface area contributed by atoms with E-state index >= 15 is 0 Å². The van der Waals surface area contributed by atoms with Gasteiger partial charge >= 0.3 is 0 Å². The van der Waals surface area contributed by atoms with Crippen molar-refractivity contribution in [3.63, 3.8) is 0 Å². The van der Waals surface area contributed by atoms with Gasteiger partial charge in [-0.3, -0.25) is 0 Å². The van der Waals surface area contributed by atoms with Gasteiger partial charge in [0, 0.05) is 0 Å². The molecular weight excluding hydrogens is 661 g/mol. The Labute approximate surface area is 318 Å². The van der Waals surface area contributed by atoms with Crippen LogP contribution in [-0.4, -0.2) is 0 Å². The first kappa shape index (κ1) is 29.4. The Kier molecular flexibility index (Phi) is 5.65. The second kappa shape index (κ2) is 10.6. The molecule has 0 N–H and O–H groups in total. The zero-order valence-electron chi connectivity index (χ0n) is 30.0. The molecule has 0 saturated heterocycles. The molecule has 0 unspecified atom stereocenters. The fourth-order valence-corrected chi connectivity index (χ4v) is 11.0. The van der Waals surface area contributed by atoms with Crippen molar-refractivity contribution in [1.82, 2.24) is 0 Å². The largest absolute Gasteiger partial charge is 0.0731 e. The van der Waals surface area contributed by atoms with Crippen LogP contribution in [0.3, 0.4) is 0 Å². The monoisotopic (exact) mass is 692 g/mol. The summed E-state index contributed by atoms with van der Waals surface area (Å²) in [6.07, 6.45) is 0. The Balaban J connectivity index is 1.25. The van der Waals surface area contributed by atoms with E-state index in [0.717, 1.165) is 0 Å². The highest BCUT2D eigenvalue weighted by Crippen LogP contribution is 2.65. The van der Waals surface area contributed by atoms with Crippen LogP contribution >= 0.6 is 0 Å². The van der Waals surface area contributed by atoms with Crippen LogP contribution in [0, 0.1) is 0 Å². The minimum atomic E-state index is -0.479. The van der Waals surface area contributed by atoms with E-state index in [2.05, 4.69) is 194 Å². The van der Waals surface area contributed by atoms with E-state index in [1.807, 2.05) is 0 Å². The van der Waals surface area contributed by atoms with Gasteiger partial charge in [-0.2, -0.15) is 0 Å². The molecule has 0 radical (unpaired) electrons. The zero-order chi connectivity index (χ0) is 35.8. The SMILES string of the molecule is c1ccc2c(c1)-c1ccccc1C21c2cc(-c3cc4c5ccccc5c5ccccc5c4c4ccccc34)c3ccccc3c2-c2ccc3ccccc3c21. The lowest BCUT2D eigenvalue weighted by atomic mass is 9.69. The third-order valence-corrected chi connectivity index (χ3v) is 13.0. The maximum absolute atomic E-state index is 2.60. The summed E-state index contributed by atoms with van der Waals surface area (Å²) in [5.41, 5.74) is 12.9. The fourth-order valence-electron chi connectivity index (χ4n) is 11.0. The summed E-state index contributed by atoms with van der Waals surface area (Å²) >= 11 is 0. The van der Waals surface area contributed by atoms with Crippen LogP contribution in [0.4, 0.5) is 0 Å². The highest BCUT2D eigenvalue weighted by molar-refractivity contribution is 6.33. The van der Waals surface area contributed by atoms with Gasteiger partial charge in [0.1, 0.15) is 0 Å². The van der Waals surface area contributed by atoms with Crippen LogP contribution in [0.25, 0.3) is 98.0 Å². The van der Waals surface area contributed by atoms with E-state index < -0.39 is 5.41 Å². The topological polar surface area (TPSA) is 0 Å². The Bertz CT molecular complexity index is 3440. The molecular formula is C55H32. The summed E-state index contributed by atoms with van der Waals surface area (Å²) in [5, 5.41) is 15.6. The van der Waals surface area contributed by atoms with Gasteiger partial charge in [0.05, 0.1) is 5.41 Å². The van der Waals surface area contributed by atoms with Crippen molar-refractivity contribution < 1.29 is 0 Å². The van der Waals surface area contributed by atoms with Gasteiger partial charge in [0.2, 0.25) is 0 Å². The molecule has 0 bridgehead atoms. The highest BCUT2D eigenvalue weighted by Gasteiger charge is 2.53. The summed E-state index contributed by atoms with van der Waals surface area (Å²) in [7, 11) is 0. The maximum Gasteiger partial charge on any atom is 0.0731 e. The van der Waals surface area contributed by atoms with Crippen LogP contribution in [0.1, 0.15) is 22.3 Å². The van der Waals surface area contributed by atoms with Crippen molar-refractivity contribution in [2.45, 2.75) is 5.41 Å². The van der Waals surface area contributed by atoms with Crippen molar-refractivity contribution in [2.75, 3.05) is 0 Å². The Hall–Kier alpha value is -7.02. The van der Waals surface area contributed by atoms with Crippen LogP contribution in [0.5, 0.6) is 0 Å². The molecule has 0 aromatic heterocycles. The minimum absolute atomic E-state index is 0.479. The van der Waals surface area contributed by atoms with Gasteiger partial charge in [0.25, 0.3) is 0 Å². The first-order chi connectivity index (χ1) is 27.3. The number of hydrogen-bond donors (Lipinski definition) is 0. The molecule has 0 aliphatic heterocycles. The van der Waals surface area contributed by atoms with Gasteiger partial charge in [-0.25, -0.2) is 0 Å². The molecule has 0 amide bonds. The third kappa shape index (κ3) is 3.58. The summed E-state index contributed by atoms with van der Waals surface area (Å²) in [4.78, 5) is 0. The molecule has 11 aromatic rings. The van der Waals surface area contributed by atoms with Crippen LogP contribution < -0.4 is 0 Å². The molecule has 0 atom stereocenters. The molecule has 2 aliphatic carbocycles. The molecule has 0 fully saturated rings. The summed E-state index contributed by atoms with van der Waals surface area (Å²) < 4.78 is 0. The van der Waals surface area contributed by atoms with E-state index in [1.54, 1.807) is 0 Å². The molecule has 0 nitrogen and oxygen atoms in total. The van der Waals surface area contributed by atoms with E-state index in [1.165, 1.54) is 120 Å². The molecule has 0 heteroatoms. The first-order valence-corrected chi connectivity index (χ1v) is 19.4. The van der Waals surface area contributed by atoms with Gasteiger partial charge in [0.15, 0.2) is 0 Å². The predicted molar refractivity (Wildman–Crippen MR) is 233 cm³/mol. The third-order valence-electron chi connectivity index (χ3n) is 13.0. The van der Waals surface area contributed by atoms with Gasteiger partial charge in [-0.05, 0) is 132 Å². The average Bonchev–Trinajstić information content (AvgIpc) is 3.73. The summed E-state index contributed by atoms with van der Waals surface area (Å²) in [6.45, 7) is 0. The molecule has 1 spiro atoms. The second-order valence-corrected chi connectivity index (χ2v) is 15.4. The van der Waals surface area contributed by atoms with Crippen molar-refractivity contribution in [1.29, 1.82) is 0 Å². The number of fused-ring (bicyclic) bond motifs is 22. The molecule has 252 valence electrons. The van der Waals surface area contributed by atoms with Gasteiger partial charge in [-0.1, -0.05) is 182 Å². The molecule has 0 saturated carbocycles. The molecule has 55 heavy (non-hydrogen) atoms. The van der Waals surface area contributed by atoms with Gasteiger partial charge in [-0.15, -0.1) is 0 Å². The van der Waals surface area contributed by atoms with Crippen molar-refractivity contribution in [3.8, 4) is 33.4 Å². The highest BCUT2D eigenvalue weighted by atomic mass is 14.5. The van der Waals surface area contributed by atoms with Gasteiger partial charge < -0.3 is 0 Å². The number of hydrogen-bond acceptors (Lipinski definition) is 0. The standard InChI is InChI=1S/C55H32/c1-2-16-34-33(15-1)29-30-45-53-44-26-10-7-21-39(44)47(32-51(53)55(54(34)45)49-27-13-11-22-40(49)41-23-12-14-28-50(41)55)46-31-48-37-19-4-3-17-35(37)36-18-5-8-24-42(36)52(48)43-25-9-6-20-38(43)46/h1-32H. The lowest BCUT2D eigenvalue weighted by molar-refractivity contribution is 0.802. The number of rotatable bonds is 1. The molecule has 11 aromatic carbocycles. The lowest BCUT2D eigenvalue weighted by Gasteiger charge is -2.32. The predicted octanol–water partition coefficient (Wildman–Crippen LogP) is 14.6. The average molecular weight is 693 g/mol. The van der Waals surface area contributed by atoms with E-state index in [4.69, 9.17) is 0 Å². The van der Waals surface area contributed by atoms with Crippen molar-refractivity contribution in [3.05, 3.63) is 216 Å². The summed E-state index contributed by atoms with van der Waals surface area (Å²) in [5.74, 6) is 0. The molecule has 13 rings (SSSR count). The molecule has 0 heterocycles. The van der Waals surface area contributed by atoms with E-state index in [0.29, 0.717) is 0 Å². The summed E-state index contributed by atoms with van der Waals surface area (Å²) in [6, 6.07) is 73.4. The zero-order valence-corrected chi connectivity index (χ0v) is 30.0. The first-order valence-electron chi connectivity index (χ1n) is 19.4. The van der Waals surface area contributed by atoms with Crippen molar-refractivity contribution in [2.24, 2.45) is 0 Å². The van der Waals surface area contributed by atoms with Crippen LogP contribution in [0.15, 0.2) is 194 Å². The fraction of sp³-hybridized carbons (Fsp3) is 0.0182. The number of benzene rings is 11. The van der Waals surface area contributed by atoms with E-state index in [9.17, 15) is 0 Å². The normalized spacial score (nSPS) is 13.6. The van der Waals surface area contributed by atoms with E-state index in [-0.39, 0.29) is 0 Å².